The number of fused-ring (bicyclic) bond motifs is 1. The maximum Gasteiger partial charge on any atom is 0.393 e. The lowest BCUT2D eigenvalue weighted by Gasteiger charge is -2.43. The number of piperidine rings is 1. The zero-order valence-corrected chi connectivity index (χ0v) is 61.4. The van der Waals surface area contributed by atoms with E-state index in [0.717, 1.165) is 59.6 Å². The molecule has 0 aromatic heterocycles. The Morgan fingerprint density at radius 2 is 1.20 bits per heavy atom. The number of hydrogen-bond donors (Lipinski definition) is 3. The van der Waals surface area contributed by atoms with Crippen LogP contribution in [0, 0.1) is 35.5 Å². The molecule has 7 aliphatic rings. The van der Waals surface area contributed by atoms with Crippen molar-refractivity contribution in [3.05, 3.63) is 0 Å². The van der Waals surface area contributed by atoms with Crippen LogP contribution in [0.1, 0.15) is 195 Å². The molecule has 3 saturated heterocycles. The van der Waals surface area contributed by atoms with E-state index in [1.54, 1.807) is 11.8 Å². The molecule has 3 unspecified atom stereocenters. The topological polar surface area (TPSA) is 270 Å². The van der Waals surface area contributed by atoms with Crippen molar-refractivity contribution in [2.24, 2.45) is 35.5 Å². The van der Waals surface area contributed by atoms with Crippen LogP contribution < -0.4 is 16.0 Å². The summed E-state index contributed by atoms with van der Waals surface area (Å²) in [4.78, 5) is 191. The van der Waals surface area contributed by atoms with E-state index in [2.05, 4.69) is 16.0 Å². The molecule has 0 bridgehead atoms. The Kier molecular flexibility index (Phi) is 28.7. The lowest BCUT2D eigenvalue weighted by atomic mass is 9.78. The lowest BCUT2D eigenvalue weighted by molar-refractivity contribution is -0.182. The molecule has 4 saturated carbocycles. The Labute approximate surface area is 588 Å². The fourth-order valence-corrected chi connectivity index (χ4v) is 16.7. The number of likely N-dealkylation sites (N-methyl/N-ethyl adjacent to an activating group) is 7. The maximum absolute atomic E-state index is 15.8. The van der Waals surface area contributed by atoms with Crippen LogP contribution in [0.25, 0.3) is 0 Å². The summed E-state index contributed by atoms with van der Waals surface area (Å²) in [6.07, 6.45) is 6.07. The Balaban J connectivity index is 1.27. The third kappa shape index (κ3) is 20.1. The van der Waals surface area contributed by atoms with Crippen molar-refractivity contribution < 1.29 is 70.7 Å². The number of halogens is 4. The monoisotopic (exact) mass is 1420 g/mol. The number of carbonyl (C=O) groups is 12. The first kappa shape index (κ1) is 80.0. The van der Waals surface area contributed by atoms with Crippen LogP contribution in [0.5, 0.6) is 0 Å². The molecule has 558 valence electrons. The molecule has 99 heavy (non-hydrogen) atoms. The van der Waals surface area contributed by atoms with Gasteiger partial charge < -0.3 is 60.0 Å². The van der Waals surface area contributed by atoms with Gasteiger partial charge in [0.1, 0.15) is 47.8 Å². The quantitative estimate of drug-likeness (QED) is 0.210. The highest BCUT2D eigenvalue weighted by molar-refractivity contribution is 6.21. The zero-order chi connectivity index (χ0) is 73.0. The first-order valence-electron chi connectivity index (χ1n) is 36.7. The minimum atomic E-state index is -4.50. The summed E-state index contributed by atoms with van der Waals surface area (Å²) < 4.78 is 42.0. The summed E-state index contributed by atoms with van der Waals surface area (Å²) >= 11 is 6.40. The molecule has 24 nitrogen and oxygen atoms in total. The Hall–Kier alpha value is -6.28. The third-order valence-corrected chi connectivity index (χ3v) is 23.4. The lowest BCUT2D eigenvalue weighted by Crippen LogP contribution is -2.65. The molecule has 3 aliphatic heterocycles. The number of rotatable bonds is 11. The molecule has 4 aliphatic carbocycles. The number of amides is 12. The molecule has 28 heteroatoms. The van der Waals surface area contributed by atoms with E-state index in [0.29, 0.717) is 64.5 Å². The highest BCUT2D eigenvalue weighted by Crippen LogP contribution is 2.44. The van der Waals surface area contributed by atoms with Gasteiger partial charge in [-0.05, 0) is 132 Å². The molecule has 3 heterocycles. The highest BCUT2D eigenvalue weighted by Gasteiger charge is 2.52. The molecule has 11 atom stereocenters. The maximum atomic E-state index is 15.8. The highest BCUT2D eigenvalue weighted by atomic mass is 35.5. The van der Waals surface area contributed by atoms with Crippen molar-refractivity contribution in [3.8, 4) is 0 Å². The fraction of sp³-hybridized carbons (Fsp3) is 0.831. The van der Waals surface area contributed by atoms with E-state index in [1.165, 1.54) is 73.8 Å². The molecule has 0 radical (unpaired) electrons. The van der Waals surface area contributed by atoms with Crippen LogP contribution in [-0.4, -0.2) is 263 Å². The summed E-state index contributed by atoms with van der Waals surface area (Å²) in [6, 6.07) is -8.49. The van der Waals surface area contributed by atoms with E-state index in [4.69, 9.17) is 11.6 Å². The van der Waals surface area contributed by atoms with Crippen molar-refractivity contribution in [3.63, 3.8) is 0 Å². The van der Waals surface area contributed by atoms with Gasteiger partial charge >= 0.3 is 6.18 Å². The third-order valence-electron chi connectivity index (χ3n) is 23.0. The largest absolute Gasteiger partial charge is 0.393 e. The number of alkyl halides is 4. The summed E-state index contributed by atoms with van der Waals surface area (Å²) in [5.74, 6) is -10.5. The number of likely N-dealkylation sites (tertiary alicyclic amines) is 1. The minimum Gasteiger partial charge on any atom is -0.343 e. The fourth-order valence-electron chi connectivity index (χ4n) is 16.1. The molecular weight excluding hydrogens is 1310 g/mol. The van der Waals surface area contributed by atoms with Crippen LogP contribution in [0.15, 0.2) is 0 Å². The van der Waals surface area contributed by atoms with Gasteiger partial charge in [-0.2, -0.15) is 13.2 Å². The van der Waals surface area contributed by atoms with Crippen molar-refractivity contribution in [1.29, 1.82) is 0 Å². The first-order chi connectivity index (χ1) is 46.7. The molecule has 7 rings (SSSR count). The van der Waals surface area contributed by atoms with Crippen LogP contribution in [0.4, 0.5) is 13.2 Å². The van der Waals surface area contributed by atoms with Crippen LogP contribution >= 0.6 is 11.6 Å². The number of nitrogens with zero attached hydrogens (tertiary/aromatic N) is 9. The van der Waals surface area contributed by atoms with Gasteiger partial charge in [0.2, 0.25) is 70.9 Å². The van der Waals surface area contributed by atoms with Gasteiger partial charge in [-0.3, -0.25) is 57.5 Å². The normalized spacial score (nSPS) is 30.1. The Morgan fingerprint density at radius 3 is 1.80 bits per heavy atom. The van der Waals surface area contributed by atoms with Gasteiger partial charge in [0.05, 0.1) is 32.0 Å². The average molecular weight is 1420 g/mol. The molecular formula is C71H114ClF3N12O12. The Morgan fingerprint density at radius 1 is 0.586 bits per heavy atom. The van der Waals surface area contributed by atoms with Gasteiger partial charge in [0, 0.05) is 74.3 Å². The first-order valence-corrected chi connectivity index (χ1v) is 37.1. The van der Waals surface area contributed by atoms with Gasteiger partial charge in [-0.25, -0.2) is 0 Å². The number of nitrogens with one attached hydrogen (secondary N) is 3. The van der Waals surface area contributed by atoms with E-state index in [-0.39, 0.29) is 88.5 Å². The molecule has 0 aromatic rings. The smallest absolute Gasteiger partial charge is 0.343 e. The summed E-state index contributed by atoms with van der Waals surface area (Å²) in [5.41, 5.74) is -1.55. The van der Waals surface area contributed by atoms with Crippen molar-refractivity contribution in [2.45, 2.75) is 254 Å². The Bertz CT molecular complexity index is 2890. The summed E-state index contributed by atoms with van der Waals surface area (Å²) in [5, 5.41) is 7.62. The van der Waals surface area contributed by atoms with Crippen LogP contribution in [0.2, 0.25) is 0 Å². The SMILES string of the molecule is CC[C@H](C)[C@@H]1NC(=O)[C@H](CC(C)C)N(C)C(=O)C[C@@H](C(=O)N2CCCCC2)N(C)C(=O)[C@H](C2CCCCC2)N(C)C(=O)C2(CCCC2)NC(=O)[C@@H]2CCCN2C(=O)[C@H](CCC2CCC(C(F)(F)F)C(Cl)C2)NC(=O)CN(C)C(=O)[C@H](CC2CCC2)N(C)C(=O)CN(C)C(=O)CN(C)C1=O. The predicted molar refractivity (Wildman–Crippen MR) is 365 cm³/mol. The molecule has 3 N–H and O–H groups in total. The standard InChI is InChI=1S/C71H114ClF3N12O12/c1-12-45(4)60-67(97)81(7)42-58(90)79(5)43-59(91)83(9)54(39-46-23-21-24-46)65(95)80(6)41-56(88)76-51(31-29-47-28-30-49(50(72)38-47)71(73,74)75)64(94)87-36-22-27-52(87)63(93)78-70(32-17-18-33-70)69(99)85(11)61(48-25-15-13-16-26-48)68(98)84(10)55(66(96)86-34-19-14-20-35-86)40-57(89)82(8)53(37-44(2)3)62(92)77-60/h44-55,60-61H,12-43H2,1-11H3,(H,76,88)(H,77,92)(H,78,93)/t45-,47?,49?,50?,51-,52-,53-,54-,55-,60-,61-/m0/s1. The van der Waals surface area contributed by atoms with Crippen LogP contribution in [-0.2, 0) is 57.5 Å². The van der Waals surface area contributed by atoms with Gasteiger partial charge in [-0.1, -0.05) is 85.5 Å². The second-order valence-electron chi connectivity index (χ2n) is 30.5. The van der Waals surface area contributed by atoms with Crippen molar-refractivity contribution in [1.82, 2.24) is 60.0 Å². The van der Waals surface area contributed by atoms with E-state index < -0.39 is 174 Å². The molecule has 12 amide bonds. The number of carbonyl (C=O) groups excluding carboxylic acids is 12. The second kappa shape index (κ2) is 35.5. The molecule has 1 spiro atoms. The van der Waals surface area contributed by atoms with Gasteiger partial charge in [0.15, 0.2) is 0 Å². The van der Waals surface area contributed by atoms with Crippen molar-refractivity contribution >= 4 is 82.5 Å². The summed E-state index contributed by atoms with van der Waals surface area (Å²) in [7, 11) is 10.1. The van der Waals surface area contributed by atoms with E-state index in [1.807, 2.05) is 20.8 Å². The van der Waals surface area contributed by atoms with Crippen molar-refractivity contribution in [2.75, 3.05) is 88.6 Å². The molecule has 0 aromatic carbocycles. The van der Waals surface area contributed by atoms with E-state index >= 15 is 28.8 Å². The van der Waals surface area contributed by atoms with Crippen LogP contribution in [0.3, 0.4) is 0 Å². The average Bonchev–Trinajstić information content (AvgIpc) is 1.76. The van der Waals surface area contributed by atoms with Gasteiger partial charge in [0.25, 0.3) is 0 Å². The summed E-state index contributed by atoms with van der Waals surface area (Å²) in [6.45, 7) is 6.58. The minimum absolute atomic E-state index is 0.00311. The zero-order valence-electron chi connectivity index (χ0n) is 60.6. The predicted octanol–water partition coefficient (Wildman–Crippen LogP) is 5.70. The second-order valence-corrected chi connectivity index (χ2v) is 31.1. The number of hydrogen-bond acceptors (Lipinski definition) is 12. The van der Waals surface area contributed by atoms with Gasteiger partial charge in [-0.15, -0.1) is 11.6 Å². The van der Waals surface area contributed by atoms with E-state index in [9.17, 15) is 41.9 Å². The molecule has 7 fully saturated rings.